The molecule has 5 nitrogen and oxygen atoms in total. The molecule has 0 amide bonds. The average molecular weight is 276 g/mol. The molecule has 0 spiro atoms. The van der Waals surface area contributed by atoms with Crippen LogP contribution in [0.15, 0.2) is 0 Å². The van der Waals surface area contributed by atoms with Crippen molar-refractivity contribution in [2.45, 2.75) is 57.6 Å². The highest BCUT2D eigenvalue weighted by Gasteiger charge is 2.37. The Balaban J connectivity index is 2.11. The van der Waals surface area contributed by atoms with Crippen LogP contribution in [0.3, 0.4) is 0 Å². The van der Waals surface area contributed by atoms with Crippen LogP contribution < -0.4 is 0 Å². The van der Waals surface area contributed by atoms with Crippen molar-refractivity contribution in [2.75, 3.05) is 19.6 Å². The SMILES string of the molecule is CC(O)CC1CCCCN1S(=O)(=O)N1CCCC1. The summed E-state index contributed by atoms with van der Waals surface area (Å²) in [5.41, 5.74) is 0. The van der Waals surface area contributed by atoms with E-state index >= 15 is 0 Å². The number of aliphatic hydroxyl groups is 1. The van der Waals surface area contributed by atoms with E-state index < -0.39 is 16.3 Å². The first-order valence-corrected chi connectivity index (χ1v) is 8.36. The van der Waals surface area contributed by atoms with Gasteiger partial charge in [-0.2, -0.15) is 17.0 Å². The lowest BCUT2D eigenvalue weighted by Gasteiger charge is -2.37. The molecule has 2 heterocycles. The second-order valence-electron chi connectivity index (χ2n) is 5.46. The summed E-state index contributed by atoms with van der Waals surface area (Å²) in [6, 6.07) is -0.0238. The van der Waals surface area contributed by atoms with Gasteiger partial charge in [-0.1, -0.05) is 6.42 Å². The molecule has 0 aromatic heterocycles. The molecular formula is C12H24N2O3S. The van der Waals surface area contributed by atoms with Crippen molar-refractivity contribution >= 4 is 10.2 Å². The van der Waals surface area contributed by atoms with E-state index in [1.807, 2.05) is 0 Å². The maximum Gasteiger partial charge on any atom is 0.282 e. The number of aliphatic hydroxyl groups excluding tert-OH is 1. The van der Waals surface area contributed by atoms with Crippen molar-refractivity contribution < 1.29 is 13.5 Å². The van der Waals surface area contributed by atoms with Crippen molar-refractivity contribution in [2.24, 2.45) is 0 Å². The van der Waals surface area contributed by atoms with Crippen molar-refractivity contribution in [1.29, 1.82) is 0 Å². The quantitative estimate of drug-likeness (QED) is 0.831. The Hall–Kier alpha value is -0.170. The molecule has 2 atom stereocenters. The van der Waals surface area contributed by atoms with Gasteiger partial charge in [-0.05, 0) is 39.0 Å². The van der Waals surface area contributed by atoms with Gasteiger partial charge in [0.1, 0.15) is 0 Å². The minimum atomic E-state index is -3.30. The first kappa shape index (κ1) is 14.2. The van der Waals surface area contributed by atoms with E-state index in [0.717, 1.165) is 32.1 Å². The van der Waals surface area contributed by atoms with Crippen molar-refractivity contribution in [3.05, 3.63) is 0 Å². The molecule has 0 bridgehead atoms. The molecule has 0 aromatic carbocycles. The molecule has 18 heavy (non-hydrogen) atoms. The van der Waals surface area contributed by atoms with Crippen LogP contribution in [-0.2, 0) is 10.2 Å². The maximum atomic E-state index is 12.5. The highest BCUT2D eigenvalue weighted by molar-refractivity contribution is 7.86. The van der Waals surface area contributed by atoms with Gasteiger partial charge in [-0.15, -0.1) is 0 Å². The zero-order chi connectivity index (χ0) is 13.2. The van der Waals surface area contributed by atoms with Gasteiger partial charge in [-0.25, -0.2) is 0 Å². The summed E-state index contributed by atoms with van der Waals surface area (Å²) in [6.45, 7) is 3.64. The molecular weight excluding hydrogens is 252 g/mol. The van der Waals surface area contributed by atoms with Crippen LogP contribution in [0.25, 0.3) is 0 Å². The third-order valence-corrected chi connectivity index (χ3v) is 5.97. The monoisotopic (exact) mass is 276 g/mol. The fraction of sp³-hybridized carbons (Fsp3) is 1.00. The Bertz CT molecular complexity index is 364. The van der Waals surface area contributed by atoms with Gasteiger partial charge in [0.15, 0.2) is 0 Å². The second kappa shape index (κ2) is 5.86. The molecule has 2 fully saturated rings. The fourth-order valence-corrected chi connectivity index (χ4v) is 4.92. The number of hydrogen-bond acceptors (Lipinski definition) is 3. The number of piperidine rings is 1. The van der Waals surface area contributed by atoms with Crippen LogP contribution in [0.2, 0.25) is 0 Å². The highest BCUT2D eigenvalue weighted by Crippen LogP contribution is 2.27. The van der Waals surface area contributed by atoms with E-state index in [-0.39, 0.29) is 6.04 Å². The lowest BCUT2D eigenvalue weighted by Crippen LogP contribution is -2.50. The Labute approximate surface area is 110 Å². The van der Waals surface area contributed by atoms with Crippen LogP contribution in [0.4, 0.5) is 0 Å². The van der Waals surface area contributed by atoms with Gasteiger partial charge >= 0.3 is 0 Å². The summed E-state index contributed by atoms with van der Waals surface area (Å²) in [6.07, 6.45) is 4.91. The summed E-state index contributed by atoms with van der Waals surface area (Å²) in [7, 11) is -3.30. The standard InChI is InChI=1S/C12H24N2O3S/c1-11(15)10-12-6-2-3-9-14(12)18(16,17)13-7-4-5-8-13/h11-12,15H,2-10H2,1H3. The van der Waals surface area contributed by atoms with E-state index in [1.165, 1.54) is 0 Å². The minimum Gasteiger partial charge on any atom is -0.393 e. The summed E-state index contributed by atoms with van der Waals surface area (Å²) in [5, 5.41) is 9.52. The van der Waals surface area contributed by atoms with E-state index in [4.69, 9.17) is 0 Å². The lowest BCUT2D eigenvalue weighted by atomic mass is 10.00. The van der Waals surface area contributed by atoms with Crippen LogP contribution in [0.5, 0.6) is 0 Å². The predicted octanol–water partition coefficient (Wildman–Crippen LogP) is 0.952. The average Bonchev–Trinajstić information content (AvgIpc) is 2.82. The topological polar surface area (TPSA) is 60.9 Å². The molecule has 0 aliphatic carbocycles. The third kappa shape index (κ3) is 3.04. The smallest absolute Gasteiger partial charge is 0.282 e. The normalized spacial score (nSPS) is 29.6. The first-order chi connectivity index (χ1) is 8.51. The van der Waals surface area contributed by atoms with Crippen LogP contribution in [0.1, 0.15) is 45.4 Å². The van der Waals surface area contributed by atoms with Crippen molar-refractivity contribution in [3.63, 3.8) is 0 Å². The van der Waals surface area contributed by atoms with E-state index in [1.54, 1.807) is 15.5 Å². The molecule has 0 aromatic rings. The molecule has 106 valence electrons. The molecule has 2 unspecified atom stereocenters. The summed E-state index contributed by atoms with van der Waals surface area (Å²) < 4.78 is 28.3. The number of nitrogens with zero attached hydrogens (tertiary/aromatic N) is 2. The molecule has 0 radical (unpaired) electrons. The maximum absolute atomic E-state index is 12.5. The molecule has 2 aliphatic heterocycles. The fourth-order valence-electron chi connectivity index (χ4n) is 2.97. The third-order valence-electron chi connectivity index (χ3n) is 3.87. The van der Waals surface area contributed by atoms with Crippen LogP contribution >= 0.6 is 0 Å². The van der Waals surface area contributed by atoms with Crippen molar-refractivity contribution in [3.8, 4) is 0 Å². The molecule has 0 saturated carbocycles. The minimum absolute atomic E-state index is 0.0238. The van der Waals surface area contributed by atoms with Gasteiger partial charge in [0.25, 0.3) is 10.2 Å². The Morgan fingerprint density at radius 1 is 1.17 bits per heavy atom. The van der Waals surface area contributed by atoms with Gasteiger partial charge in [0.2, 0.25) is 0 Å². The van der Waals surface area contributed by atoms with Gasteiger partial charge < -0.3 is 5.11 Å². The van der Waals surface area contributed by atoms with Gasteiger partial charge in [-0.3, -0.25) is 0 Å². The van der Waals surface area contributed by atoms with Crippen LogP contribution in [-0.4, -0.2) is 53.9 Å². The van der Waals surface area contributed by atoms with Gasteiger partial charge in [0.05, 0.1) is 6.10 Å². The molecule has 2 aliphatic rings. The van der Waals surface area contributed by atoms with E-state index in [2.05, 4.69) is 0 Å². The Morgan fingerprint density at radius 2 is 1.78 bits per heavy atom. The second-order valence-corrected chi connectivity index (χ2v) is 7.34. The lowest BCUT2D eigenvalue weighted by molar-refractivity contribution is 0.128. The zero-order valence-electron chi connectivity index (χ0n) is 11.1. The Kier molecular flexibility index (Phi) is 4.64. The summed E-state index contributed by atoms with van der Waals surface area (Å²) in [5.74, 6) is 0. The predicted molar refractivity (Wildman–Crippen MR) is 70.4 cm³/mol. The zero-order valence-corrected chi connectivity index (χ0v) is 11.9. The number of hydrogen-bond donors (Lipinski definition) is 1. The summed E-state index contributed by atoms with van der Waals surface area (Å²) >= 11 is 0. The largest absolute Gasteiger partial charge is 0.393 e. The number of rotatable bonds is 4. The molecule has 2 rings (SSSR count). The van der Waals surface area contributed by atoms with E-state index in [0.29, 0.717) is 26.1 Å². The van der Waals surface area contributed by atoms with E-state index in [9.17, 15) is 13.5 Å². The Morgan fingerprint density at radius 3 is 2.39 bits per heavy atom. The first-order valence-electron chi connectivity index (χ1n) is 6.97. The molecule has 1 N–H and O–H groups in total. The van der Waals surface area contributed by atoms with Crippen molar-refractivity contribution in [1.82, 2.24) is 8.61 Å². The molecule has 6 heteroatoms. The summed E-state index contributed by atoms with van der Waals surface area (Å²) in [4.78, 5) is 0. The molecule has 2 saturated heterocycles. The van der Waals surface area contributed by atoms with Crippen LogP contribution in [0, 0.1) is 0 Å². The van der Waals surface area contributed by atoms with Gasteiger partial charge in [0, 0.05) is 25.7 Å². The highest BCUT2D eigenvalue weighted by atomic mass is 32.2.